The van der Waals surface area contributed by atoms with Gasteiger partial charge in [0.1, 0.15) is 23.4 Å². The highest BCUT2D eigenvalue weighted by atomic mass is 35.5. The number of nitrogens with zero attached hydrogens (tertiary/aromatic N) is 1. The van der Waals surface area contributed by atoms with E-state index in [1.165, 1.54) is 12.1 Å². The van der Waals surface area contributed by atoms with Crippen LogP contribution in [0, 0.1) is 11.8 Å². The number of rotatable bonds is 13. The van der Waals surface area contributed by atoms with Crippen LogP contribution in [0.15, 0.2) is 36.4 Å². The Bertz CT molecular complexity index is 1770. The van der Waals surface area contributed by atoms with Crippen LogP contribution in [0.1, 0.15) is 63.8 Å². The summed E-state index contributed by atoms with van der Waals surface area (Å²) in [6.07, 6.45) is -5.39. The summed E-state index contributed by atoms with van der Waals surface area (Å²) >= 11 is 12.8. The summed E-state index contributed by atoms with van der Waals surface area (Å²) in [6, 6.07) is 5.61. The standard InChI is InChI=1S/C34H40Cl2F3N5O6/c1-5-17(3)26(29(40)45)42-31(47)33(11-10-25-23(15-33)22-13-20(35)14-24(36)27(22)41-25)43-30(46)28(18(4)6-2)44(32(48)49)16-19-8-7-9-21(12-19)50-34(37,38)39/h7-9,12-14,17-18,26,28,41H,5-6,10-11,15-16H2,1-4H3,(H2,40,45)(H,42,47)(H,43,46)(H,48,49)/t17?,18?,26-,28-,33+/m0/s1. The molecule has 2 aromatic carbocycles. The van der Waals surface area contributed by atoms with Crippen LogP contribution >= 0.6 is 23.2 Å². The molecule has 4 rings (SSSR count). The smallest absolute Gasteiger partial charge is 0.465 e. The van der Waals surface area contributed by atoms with Gasteiger partial charge in [0.2, 0.25) is 17.7 Å². The zero-order valence-electron chi connectivity index (χ0n) is 27.9. The van der Waals surface area contributed by atoms with E-state index in [2.05, 4.69) is 20.4 Å². The van der Waals surface area contributed by atoms with Gasteiger partial charge in [0, 0.05) is 29.1 Å². The average molecular weight is 743 g/mol. The normalized spacial score (nSPS) is 18.3. The Balaban J connectivity index is 1.77. The van der Waals surface area contributed by atoms with E-state index >= 15 is 0 Å². The highest BCUT2D eigenvalue weighted by Crippen LogP contribution is 2.39. The van der Waals surface area contributed by atoms with Crippen LogP contribution < -0.4 is 21.1 Å². The first-order valence-electron chi connectivity index (χ1n) is 16.1. The molecule has 2 unspecified atom stereocenters. The van der Waals surface area contributed by atoms with Gasteiger partial charge in [-0.2, -0.15) is 0 Å². The highest BCUT2D eigenvalue weighted by Gasteiger charge is 2.47. The summed E-state index contributed by atoms with van der Waals surface area (Å²) in [7, 11) is 0. The van der Waals surface area contributed by atoms with Crippen LogP contribution in [-0.2, 0) is 33.8 Å². The average Bonchev–Trinajstić information content (AvgIpc) is 3.39. The molecule has 16 heteroatoms. The van der Waals surface area contributed by atoms with Gasteiger partial charge in [0.25, 0.3) is 0 Å². The fourth-order valence-corrected chi connectivity index (χ4v) is 6.94. The van der Waals surface area contributed by atoms with Crippen molar-refractivity contribution in [2.75, 3.05) is 0 Å². The molecule has 0 bridgehead atoms. The number of primary amides is 1. The molecule has 0 fully saturated rings. The van der Waals surface area contributed by atoms with Crippen molar-refractivity contribution in [2.45, 2.75) is 90.3 Å². The summed E-state index contributed by atoms with van der Waals surface area (Å²) < 4.78 is 42.7. The van der Waals surface area contributed by atoms with Crippen molar-refractivity contribution in [3.05, 3.63) is 63.3 Å². The quantitative estimate of drug-likeness (QED) is 0.137. The molecule has 5 atom stereocenters. The van der Waals surface area contributed by atoms with Crippen LogP contribution in [0.2, 0.25) is 10.0 Å². The van der Waals surface area contributed by atoms with Gasteiger partial charge in [0.15, 0.2) is 0 Å². The minimum atomic E-state index is -4.97. The molecule has 1 aliphatic carbocycles. The lowest BCUT2D eigenvalue weighted by molar-refractivity contribution is -0.274. The number of halogens is 5. The Morgan fingerprint density at radius 1 is 1.10 bits per heavy atom. The van der Waals surface area contributed by atoms with Crippen LogP contribution in [0.4, 0.5) is 18.0 Å². The summed E-state index contributed by atoms with van der Waals surface area (Å²) in [4.78, 5) is 58.1. The highest BCUT2D eigenvalue weighted by molar-refractivity contribution is 6.38. The number of hydrogen-bond donors (Lipinski definition) is 5. The largest absolute Gasteiger partial charge is 0.573 e. The van der Waals surface area contributed by atoms with Crippen molar-refractivity contribution in [1.29, 1.82) is 0 Å². The molecule has 50 heavy (non-hydrogen) atoms. The minimum Gasteiger partial charge on any atom is -0.465 e. The lowest BCUT2D eigenvalue weighted by Crippen LogP contribution is -2.67. The first kappa shape index (κ1) is 38.6. The third-order valence-electron chi connectivity index (χ3n) is 9.42. The van der Waals surface area contributed by atoms with Gasteiger partial charge in [-0.1, -0.05) is 75.9 Å². The lowest BCUT2D eigenvalue weighted by Gasteiger charge is -2.41. The first-order valence-corrected chi connectivity index (χ1v) is 16.9. The third kappa shape index (κ3) is 8.58. The zero-order chi connectivity index (χ0) is 37.1. The fraction of sp³-hybridized carbons (Fsp3) is 0.471. The number of aromatic nitrogens is 1. The molecule has 6 N–H and O–H groups in total. The molecule has 0 aliphatic heterocycles. The zero-order valence-corrected chi connectivity index (χ0v) is 29.4. The molecule has 272 valence electrons. The second-order valence-corrected chi connectivity index (χ2v) is 13.7. The Kier molecular flexibility index (Phi) is 11.9. The van der Waals surface area contributed by atoms with Crippen molar-refractivity contribution in [3.8, 4) is 5.75 Å². The molecular weight excluding hydrogens is 702 g/mol. The number of hydrogen-bond acceptors (Lipinski definition) is 5. The number of carbonyl (C=O) groups is 4. The van der Waals surface area contributed by atoms with Crippen molar-refractivity contribution in [2.24, 2.45) is 17.6 Å². The number of carboxylic acid groups (broad SMARTS) is 1. The van der Waals surface area contributed by atoms with Crippen LogP contribution in [0.3, 0.4) is 0 Å². The number of nitrogens with one attached hydrogen (secondary N) is 3. The fourth-order valence-electron chi connectivity index (χ4n) is 6.40. The number of aromatic amines is 1. The number of ether oxygens (including phenoxy) is 1. The van der Waals surface area contributed by atoms with E-state index in [4.69, 9.17) is 28.9 Å². The molecule has 0 spiro atoms. The topological polar surface area (TPSA) is 167 Å². The number of carbonyl (C=O) groups excluding carboxylic acids is 3. The number of H-pyrrole nitrogens is 1. The Morgan fingerprint density at radius 3 is 2.38 bits per heavy atom. The maximum atomic E-state index is 14.4. The van der Waals surface area contributed by atoms with Crippen molar-refractivity contribution in [1.82, 2.24) is 20.5 Å². The molecule has 0 radical (unpaired) electrons. The molecule has 3 aromatic rings. The second-order valence-electron chi connectivity index (χ2n) is 12.8. The monoisotopic (exact) mass is 741 g/mol. The number of benzene rings is 2. The number of fused-ring (bicyclic) bond motifs is 3. The van der Waals surface area contributed by atoms with E-state index in [1.54, 1.807) is 32.9 Å². The molecular formula is C34H40Cl2F3N5O6. The van der Waals surface area contributed by atoms with Gasteiger partial charge in [-0.05, 0) is 60.1 Å². The molecule has 0 saturated carbocycles. The number of nitrogens with two attached hydrogens (primary N) is 1. The van der Waals surface area contributed by atoms with Gasteiger partial charge < -0.3 is 31.2 Å². The maximum absolute atomic E-state index is 14.4. The Labute approximate surface area is 297 Å². The van der Waals surface area contributed by atoms with Gasteiger partial charge in [-0.25, -0.2) is 4.79 Å². The van der Waals surface area contributed by atoms with Gasteiger partial charge in [-0.3, -0.25) is 19.3 Å². The van der Waals surface area contributed by atoms with E-state index in [0.717, 1.165) is 22.7 Å². The van der Waals surface area contributed by atoms with E-state index in [9.17, 15) is 37.5 Å². The second kappa shape index (κ2) is 15.4. The number of alkyl halides is 3. The first-order chi connectivity index (χ1) is 23.4. The van der Waals surface area contributed by atoms with Crippen LogP contribution in [0.25, 0.3) is 10.9 Å². The molecule has 11 nitrogen and oxygen atoms in total. The van der Waals surface area contributed by atoms with Crippen molar-refractivity contribution < 1.29 is 42.2 Å². The molecule has 1 aliphatic rings. The van der Waals surface area contributed by atoms with Gasteiger partial charge >= 0.3 is 12.5 Å². The Morgan fingerprint density at radius 2 is 1.78 bits per heavy atom. The lowest BCUT2D eigenvalue weighted by atomic mass is 9.78. The van der Waals surface area contributed by atoms with Crippen molar-refractivity contribution in [3.63, 3.8) is 0 Å². The number of amides is 4. The van der Waals surface area contributed by atoms with Gasteiger partial charge in [-0.15, -0.1) is 13.2 Å². The van der Waals surface area contributed by atoms with Gasteiger partial charge in [0.05, 0.1) is 10.5 Å². The maximum Gasteiger partial charge on any atom is 0.573 e. The predicted molar refractivity (Wildman–Crippen MR) is 182 cm³/mol. The minimum absolute atomic E-state index is 0.0544. The summed E-state index contributed by atoms with van der Waals surface area (Å²) in [5, 5.41) is 17.3. The molecule has 1 aromatic heterocycles. The summed E-state index contributed by atoms with van der Waals surface area (Å²) in [6.45, 7) is 6.53. The molecule has 1 heterocycles. The van der Waals surface area contributed by atoms with E-state index in [0.29, 0.717) is 39.4 Å². The summed E-state index contributed by atoms with van der Waals surface area (Å²) in [5.41, 5.74) is 6.13. The van der Waals surface area contributed by atoms with Crippen molar-refractivity contribution >= 4 is 57.9 Å². The number of aryl methyl sites for hydroxylation is 1. The SMILES string of the molecule is CCC(C)[C@H](NC(=O)[C@@]1(NC(=O)[C@H](C(C)CC)N(Cc2cccc(OC(F)(F)F)c2)C(=O)O)CCc2[nH]c3c(Cl)cc(Cl)cc3c2C1)C(N)=O. The third-order valence-corrected chi connectivity index (χ3v) is 9.94. The summed E-state index contributed by atoms with van der Waals surface area (Å²) in [5.74, 6) is -3.76. The Hall–Kier alpha value is -4.17. The van der Waals surface area contributed by atoms with E-state index < -0.39 is 66.0 Å². The van der Waals surface area contributed by atoms with Crippen LogP contribution in [0.5, 0.6) is 5.75 Å². The van der Waals surface area contributed by atoms with E-state index in [1.807, 2.05) is 6.92 Å². The van der Waals surface area contributed by atoms with E-state index in [-0.39, 0.29) is 30.7 Å². The molecule has 4 amide bonds. The molecule has 0 saturated heterocycles. The predicted octanol–water partition coefficient (Wildman–Crippen LogP) is 6.33. The van der Waals surface area contributed by atoms with Crippen LogP contribution in [-0.4, -0.2) is 62.8 Å².